The Morgan fingerprint density at radius 2 is 1.55 bits per heavy atom. The molecule has 0 heterocycles. The summed E-state index contributed by atoms with van der Waals surface area (Å²) in [6.45, 7) is 19.6. The van der Waals surface area contributed by atoms with E-state index < -0.39 is 0 Å². The molecule has 0 radical (unpaired) electrons. The average molecular weight is 315 g/mol. The molecule has 22 heavy (non-hydrogen) atoms. The number of carbonyl (C=O) groups is 1. The standard InChI is InChI=1S/C19H38O3/c1-10-14(2)21-12-11-15(3)22-17(20)16(19(7,8)9)13-18(4,5)6/h14-16H,10-13H2,1-9H3/t14-,15?,16?/m1/s1. The third kappa shape index (κ3) is 9.45. The molecule has 0 N–H and O–H groups in total. The van der Waals surface area contributed by atoms with Crippen molar-refractivity contribution in [1.29, 1.82) is 0 Å². The van der Waals surface area contributed by atoms with E-state index in [1.165, 1.54) is 0 Å². The minimum atomic E-state index is -0.0959. The summed E-state index contributed by atoms with van der Waals surface area (Å²) in [5.74, 6) is -0.149. The number of esters is 1. The Morgan fingerprint density at radius 1 is 1.00 bits per heavy atom. The third-order valence-corrected chi connectivity index (χ3v) is 3.97. The van der Waals surface area contributed by atoms with Gasteiger partial charge in [0.25, 0.3) is 0 Å². The van der Waals surface area contributed by atoms with E-state index in [2.05, 4.69) is 55.4 Å². The molecular weight excluding hydrogens is 276 g/mol. The highest BCUT2D eigenvalue weighted by atomic mass is 16.5. The first-order chi connectivity index (χ1) is 9.86. The van der Waals surface area contributed by atoms with Gasteiger partial charge in [-0.05, 0) is 37.5 Å². The van der Waals surface area contributed by atoms with Gasteiger partial charge in [-0.15, -0.1) is 0 Å². The minimum absolute atomic E-state index is 0.0709. The van der Waals surface area contributed by atoms with Crippen molar-refractivity contribution in [3.05, 3.63) is 0 Å². The highest BCUT2D eigenvalue weighted by Gasteiger charge is 2.36. The summed E-state index contributed by atoms with van der Waals surface area (Å²) >= 11 is 0. The molecule has 3 heteroatoms. The van der Waals surface area contributed by atoms with Gasteiger partial charge >= 0.3 is 5.97 Å². The van der Waals surface area contributed by atoms with Crippen LogP contribution in [0.3, 0.4) is 0 Å². The lowest BCUT2D eigenvalue weighted by Gasteiger charge is -2.34. The Hall–Kier alpha value is -0.570. The van der Waals surface area contributed by atoms with Gasteiger partial charge in [0.2, 0.25) is 0 Å². The number of ether oxygens (including phenoxy) is 2. The van der Waals surface area contributed by atoms with Crippen LogP contribution < -0.4 is 0 Å². The Kier molecular flexibility index (Phi) is 8.67. The van der Waals surface area contributed by atoms with Gasteiger partial charge in [0.15, 0.2) is 0 Å². The molecule has 0 aromatic carbocycles. The fraction of sp³-hybridized carbons (Fsp3) is 0.947. The van der Waals surface area contributed by atoms with E-state index in [-0.39, 0.29) is 34.9 Å². The zero-order chi connectivity index (χ0) is 17.6. The van der Waals surface area contributed by atoms with Crippen LogP contribution in [-0.2, 0) is 14.3 Å². The maximum atomic E-state index is 12.6. The smallest absolute Gasteiger partial charge is 0.309 e. The van der Waals surface area contributed by atoms with Crippen LogP contribution in [-0.4, -0.2) is 24.8 Å². The molecule has 0 aromatic heterocycles. The van der Waals surface area contributed by atoms with Crippen molar-refractivity contribution in [3.63, 3.8) is 0 Å². The lowest BCUT2D eigenvalue weighted by molar-refractivity contribution is -0.159. The summed E-state index contributed by atoms with van der Waals surface area (Å²) in [5, 5.41) is 0. The van der Waals surface area contributed by atoms with Crippen LogP contribution in [0.1, 0.15) is 81.6 Å². The van der Waals surface area contributed by atoms with Crippen LogP contribution in [0.15, 0.2) is 0 Å². The summed E-state index contributed by atoms with van der Waals surface area (Å²) < 4.78 is 11.3. The Balaban J connectivity index is 4.50. The van der Waals surface area contributed by atoms with Crippen molar-refractivity contribution in [2.24, 2.45) is 16.7 Å². The number of hydrogen-bond acceptors (Lipinski definition) is 3. The predicted octanol–water partition coefficient (Wildman–Crippen LogP) is 5.22. The van der Waals surface area contributed by atoms with Gasteiger partial charge in [0.1, 0.15) is 6.10 Å². The van der Waals surface area contributed by atoms with Gasteiger partial charge < -0.3 is 9.47 Å². The first kappa shape index (κ1) is 21.4. The van der Waals surface area contributed by atoms with Crippen LogP contribution >= 0.6 is 0 Å². The molecule has 0 bridgehead atoms. The number of rotatable bonds is 8. The first-order valence-corrected chi connectivity index (χ1v) is 8.69. The Labute approximate surface area is 138 Å². The first-order valence-electron chi connectivity index (χ1n) is 8.69. The molecule has 0 fully saturated rings. The second kappa shape index (κ2) is 8.90. The minimum Gasteiger partial charge on any atom is -0.462 e. The molecule has 0 rings (SSSR count). The average Bonchev–Trinajstić information content (AvgIpc) is 2.33. The van der Waals surface area contributed by atoms with E-state index >= 15 is 0 Å². The predicted molar refractivity (Wildman–Crippen MR) is 92.9 cm³/mol. The number of hydrogen-bond donors (Lipinski definition) is 0. The molecule has 0 spiro atoms. The number of carbonyl (C=O) groups excluding carboxylic acids is 1. The molecule has 0 amide bonds. The fourth-order valence-corrected chi connectivity index (χ4v) is 2.25. The third-order valence-electron chi connectivity index (χ3n) is 3.97. The van der Waals surface area contributed by atoms with Gasteiger partial charge in [0.05, 0.1) is 18.6 Å². The monoisotopic (exact) mass is 314 g/mol. The molecule has 0 aliphatic heterocycles. The molecule has 0 saturated heterocycles. The largest absolute Gasteiger partial charge is 0.462 e. The van der Waals surface area contributed by atoms with Gasteiger partial charge in [-0.3, -0.25) is 4.79 Å². The lowest BCUT2D eigenvalue weighted by Crippen LogP contribution is -2.35. The van der Waals surface area contributed by atoms with Crippen molar-refractivity contribution in [3.8, 4) is 0 Å². The zero-order valence-electron chi connectivity index (χ0n) is 16.3. The molecule has 2 unspecified atom stereocenters. The highest BCUT2D eigenvalue weighted by molar-refractivity contribution is 5.73. The second-order valence-corrected chi connectivity index (χ2v) is 8.81. The van der Waals surface area contributed by atoms with Crippen LogP contribution in [0.25, 0.3) is 0 Å². The van der Waals surface area contributed by atoms with Crippen LogP contribution in [0, 0.1) is 16.7 Å². The maximum absolute atomic E-state index is 12.6. The topological polar surface area (TPSA) is 35.5 Å². The van der Waals surface area contributed by atoms with Gasteiger partial charge in [0, 0.05) is 6.42 Å². The fourth-order valence-electron chi connectivity index (χ4n) is 2.25. The van der Waals surface area contributed by atoms with Crippen molar-refractivity contribution in [2.75, 3.05) is 6.61 Å². The molecule has 0 saturated carbocycles. The van der Waals surface area contributed by atoms with Crippen molar-refractivity contribution in [2.45, 2.75) is 93.8 Å². The lowest BCUT2D eigenvalue weighted by atomic mass is 9.72. The molecule has 3 nitrogen and oxygen atoms in total. The van der Waals surface area contributed by atoms with E-state index in [1.54, 1.807) is 0 Å². The summed E-state index contributed by atoms with van der Waals surface area (Å²) in [5.41, 5.74) is 0.0250. The SMILES string of the molecule is CC[C@@H](C)OCCC(C)OC(=O)C(CC(C)(C)C)C(C)(C)C. The molecular formula is C19H38O3. The highest BCUT2D eigenvalue weighted by Crippen LogP contribution is 2.37. The zero-order valence-corrected chi connectivity index (χ0v) is 16.3. The van der Waals surface area contributed by atoms with E-state index in [4.69, 9.17) is 9.47 Å². The second-order valence-electron chi connectivity index (χ2n) is 8.81. The summed E-state index contributed by atoms with van der Waals surface area (Å²) in [6, 6.07) is 0. The Bertz CT molecular complexity index is 323. The van der Waals surface area contributed by atoms with E-state index in [0.29, 0.717) is 6.61 Å². The summed E-state index contributed by atoms with van der Waals surface area (Å²) in [6.07, 6.45) is 2.77. The maximum Gasteiger partial charge on any atom is 0.309 e. The summed E-state index contributed by atoms with van der Waals surface area (Å²) in [4.78, 5) is 12.6. The van der Waals surface area contributed by atoms with Crippen molar-refractivity contribution in [1.82, 2.24) is 0 Å². The molecule has 0 aromatic rings. The van der Waals surface area contributed by atoms with E-state index in [1.807, 2.05) is 6.92 Å². The van der Waals surface area contributed by atoms with Crippen molar-refractivity contribution >= 4 is 5.97 Å². The van der Waals surface area contributed by atoms with E-state index in [9.17, 15) is 4.79 Å². The van der Waals surface area contributed by atoms with Crippen LogP contribution in [0.2, 0.25) is 0 Å². The molecule has 0 aliphatic carbocycles. The molecule has 132 valence electrons. The van der Waals surface area contributed by atoms with Crippen molar-refractivity contribution < 1.29 is 14.3 Å². The van der Waals surface area contributed by atoms with Crippen LogP contribution in [0.5, 0.6) is 0 Å². The molecule has 3 atom stereocenters. The van der Waals surface area contributed by atoms with Gasteiger partial charge in [-0.25, -0.2) is 0 Å². The summed E-state index contributed by atoms with van der Waals surface area (Å²) in [7, 11) is 0. The quantitative estimate of drug-likeness (QED) is 0.576. The van der Waals surface area contributed by atoms with Gasteiger partial charge in [-0.1, -0.05) is 48.5 Å². The van der Waals surface area contributed by atoms with Gasteiger partial charge in [-0.2, -0.15) is 0 Å². The Morgan fingerprint density at radius 3 is 1.95 bits per heavy atom. The van der Waals surface area contributed by atoms with E-state index in [0.717, 1.165) is 19.3 Å². The normalized spacial score (nSPS) is 17.0. The van der Waals surface area contributed by atoms with Crippen LogP contribution in [0.4, 0.5) is 0 Å². The molecule has 0 aliphatic rings.